The summed E-state index contributed by atoms with van der Waals surface area (Å²) in [6.45, 7) is 1.85. The molecule has 1 aromatic heterocycles. The number of hydrogen-bond acceptors (Lipinski definition) is 4. The molecule has 0 saturated heterocycles. The second-order valence-corrected chi connectivity index (χ2v) is 7.10. The monoisotopic (exact) mass is 356 g/mol. The highest BCUT2D eigenvalue weighted by Gasteiger charge is 2.17. The van der Waals surface area contributed by atoms with E-state index in [4.69, 9.17) is 0 Å². The molecule has 0 atom stereocenters. The van der Waals surface area contributed by atoms with Crippen molar-refractivity contribution in [2.24, 2.45) is 0 Å². The number of aryl methyl sites for hydroxylation is 1. The van der Waals surface area contributed by atoms with E-state index >= 15 is 0 Å². The molecule has 0 bridgehead atoms. The van der Waals surface area contributed by atoms with Crippen LogP contribution in [0.3, 0.4) is 0 Å². The summed E-state index contributed by atoms with van der Waals surface area (Å²) in [4.78, 5) is 19.0. The number of nitrogens with zero attached hydrogens (tertiary/aromatic N) is 1. The number of imidazole rings is 1. The molecule has 0 aliphatic heterocycles. The minimum Gasteiger partial charge on any atom is -0.345 e. The number of sulfonamides is 1. The minimum atomic E-state index is -3.93. The van der Waals surface area contributed by atoms with Crippen molar-refractivity contribution in [2.75, 3.05) is 5.32 Å². The van der Waals surface area contributed by atoms with Gasteiger partial charge >= 0.3 is 6.03 Å². The van der Waals surface area contributed by atoms with Crippen molar-refractivity contribution in [3.8, 4) is 11.3 Å². The molecule has 0 saturated carbocycles. The van der Waals surface area contributed by atoms with Gasteiger partial charge in [-0.05, 0) is 31.2 Å². The Bertz CT molecular complexity index is 981. The minimum absolute atomic E-state index is 0.0273. The van der Waals surface area contributed by atoms with E-state index in [2.05, 4.69) is 15.3 Å². The molecule has 0 unspecified atom stereocenters. The number of hydrogen-bond donors (Lipinski definition) is 3. The lowest BCUT2D eigenvalue weighted by atomic mass is 10.1. The van der Waals surface area contributed by atoms with Crippen molar-refractivity contribution in [3.05, 3.63) is 66.6 Å². The highest BCUT2D eigenvalue weighted by molar-refractivity contribution is 7.90. The SMILES string of the molecule is Cc1ccc(S(=O)(=O)NC(=O)Nc2cccc(-c3cnc[nH]3)c2)cc1. The first-order valence-corrected chi connectivity index (χ1v) is 8.92. The van der Waals surface area contributed by atoms with Crippen LogP contribution in [0, 0.1) is 6.92 Å². The second kappa shape index (κ2) is 6.78. The first kappa shape index (κ1) is 16.7. The molecular weight excluding hydrogens is 340 g/mol. The molecule has 1 heterocycles. The zero-order valence-electron chi connectivity index (χ0n) is 13.4. The molecule has 0 aliphatic rings. The summed E-state index contributed by atoms with van der Waals surface area (Å²) in [7, 11) is -3.93. The van der Waals surface area contributed by atoms with Gasteiger partial charge in [-0.1, -0.05) is 29.8 Å². The molecule has 2 amide bonds. The van der Waals surface area contributed by atoms with Crippen LogP contribution in [-0.4, -0.2) is 24.4 Å². The molecule has 0 aliphatic carbocycles. The quantitative estimate of drug-likeness (QED) is 0.668. The summed E-state index contributed by atoms with van der Waals surface area (Å²) < 4.78 is 26.4. The maximum absolute atomic E-state index is 12.2. The number of rotatable bonds is 4. The molecule has 0 spiro atoms. The van der Waals surface area contributed by atoms with Crippen LogP contribution in [0.2, 0.25) is 0 Å². The van der Waals surface area contributed by atoms with Crippen molar-refractivity contribution in [3.63, 3.8) is 0 Å². The molecule has 3 N–H and O–H groups in total. The number of urea groups is 1. The predicted molar refractivity (Wildman–Crippen MR) is 94.5 cm³/mol. The first-order valence-electron chi connectivity index (χ1n) is 7.43. The second-order valence-electron chi connectivity index (χ2n) is 5.42. The fourth-order valence-corrected chi connectivity index (χ4v) is 3.14. The van der Waals surface area contributed by atoms with Crippen LogP contribution in [0.5, 0.6) is 0 Å². The molecule has 128 valence electrons. The van der Waals surface area contributed by atoms with E-state index in [0.717, 1.165) is 16.8 Å². The Morgan fingerprint density at radius 1 is 1.12 bits per heavy atom. The summed E-state index contributed by atoms with van der Waals surface area (Å²) in [6.07, 6.45) is 3.21. The Hall–Kier alpha value is -3.13. The number of benzene rings is 2. The molecule has 2 aromatic carbocycles. The van der Waals surface area contributed by atoms with Gasteiger partial charge in [0.05, 0.1) is 23.1 Å². The van der Waals surface area contributed by atoms with Gasteiger partial charge in [-0.15, -0.1) is 0 Å². The van der Waals surface area contributed by atoms with Gasteiger partial charge in [-0.3, -0.25) is 0 Å². The number of carbonyl (C=O) groups is 1. The lowest BCUT2D eigenvalue weighted by Gasteiger charge is -2.09. The summed E-state index contributed by atoms with van der Waals surface area (Å²) >= 11 is 0. The molecule has 0 radical (unpaired) electrons. The molecule has 8 heteroatoms. The Morgan fingerprint density at radius 2 is 1.88 bits per heavy atom. The average molecular weight is 356 g/mol. The van der Waals surface area contributed by atoms with Crippen molar-refractivity contribution in [1.29, 1.82) is 0 Å². The normalized spacial score (nSPS) is 11.1. The number of nitrogens with one attached hydrogen (secondary N) is 3. The summed E-state index contributed by atoms with van der Waals surface area (Å²) in [5.41, 5.74) is 3.00. The van der Waals surface area contributed by atoms with E-state index in [1.165, 1.54) is 12.1 Å². The van der Waals surface area contributed by atoms with E-state index in [9.17, 15) is 13.2 Å². The van der Waals surface area contributed by atoms with E-state index in [1.54, 1.807) is 42.9 Å². The molecule has 3 rings (SSSR count). The van der Waals surface area contributed by atoms with E-state index in [-0.39, 0.29) is 4.90 Å². The van der Waals surface area contributed by atoms with Crippen molar-refractivity contribution in [2.45, 2.75) is 11.8 Å². The highest BCUT2D eigenvalue weighted by atomic mass is 32.2. The summed E-state index contributed by atoms with van der Waals surface area (Å²) in [5, 5.41) is 2.52. The zero-order chi connectivity index (χ0) is 17.9. The number of aromatic amines is 1. The average Bonchev–Trinajstić information content (AvgIpc) is 3.09. The van der Waals surface area contributed by atoms with Gasteiger partial charge in [0, 0.05) is 11.3 Å². The van der Waals surface area contributed by atoms with E-state index in [1.807, 2.05) is 17.7 Å². The molecule has 0 fully saturated rings. The van der Waals surface area contributed by atoms with Crippen LogP contribution >= 0.6 is 0 Å². The Labute approximate surface area is 145 Å². The van der Waals surface area contributed by atoms with Crippen molar-refractivity contribution < 1.29 is 13.2 Å². The molecule has 25 heavy (non-hydrogen) atoms. The molecular formula is C17H16N4O3S. The number of anilines is 1. The molecule has 7 nitrogen and oxygen atoms in total. The van der Waals surface area contributed by atoms with Crippen LogP contribution in [0.25, 0.3) is 11.3 Å². The standard InChI is InChI=1S/C17H16N4O3S/c1-12-5-7-15(8-6-12)25(23,24)21-17(22)20-14-4-2-3-13(9-14)16-10-18-11-19-16/h2-11H,1H3,(H,18,19)(H2,20,21,22). The van der Waals surface area contributed by atoms with Crippen LogP contribution in [0.15, 0.2) is 66.0 Å². The maximum Gasteiger partial charge on any atom is 0.333 e. The van der Waals surface area contributed by atoms with Gasteiger partial charge in [0.15, 0.2) is 0 Å². The number of aromatic nitrogens is 2. The molecule has 3 aromatic rings. The van der Waals surface area contributed by atoms with Gasteiger partial charge in [-0.25, -0.2) is 22.9 Å². The van der Waals surface area contributed by atoms with Crippen LogP contribution in [0.1, 0.15) is 5.56 Å². The Morgan fingerprint density at radius 3 is 2.56 bits per heavy atom. The van der Waals surface area contributed by atoms with Gasteiger partial charge in [0.25, 0.3) is 10.0 Å². The van der Waals surface area contributed by atoms with Crippen molar-refractivity contribution in [1.82, 2.24) is 14.7 Å². The third-order valence-corrected chi connectivity index (χ3v) is 4.83. The lowest BCUT2D eigenvalue weighted by molar-refractivity contribution is 0.256. The maximum atomic E-state index is 12.2. The Balaban J connectivity index is 1.72. The van der Waals surface area contributed by atoms with E-state index < -0.39 is 16.1 Å². The third kappa shape index (κ3) is 4.04. The van der Waals surface area contributed by atoms with Gasteiger partial charge < -0.3 is 10.3 Å². The topological polar surface area (TPSA) is 104 Å². The highest BCUT2D eigenvalue weighted by Crippen LogP contribution is 2.20. The summed E-state index contributed by atoms with van der Waals surface area (Å²) in [6, 6.07) is 12.4. The number of H-pyrrole nitrogens is 1. The largest absolute Gasteiger partial charge is 0.345 e. The first-order chi connectivity index (χ1) is 11.9. The predicted octanol–water partition coefficient (Wildman–Crippen LogP) is 2.90. The van der Waals surface area contributed by atoms with E-state index in [0.29, 0.717) is 5.69 Å². The lowest BCUT2D eigenvalue weighted by Crippen LogP contribution is -2.34. The van der Waals surface area contributed by atoms with Crippen LogP contribution in [0.4, 0.5) is 10.5 Å². The van der Waals surface area contributed by atoms with Crippen LogP contribution in [-0.2, 0) is 10.0 Å². The van der Waals surface area contributed by atoms with Gasteiger partial charge in [0.2, 0.25) is 0 Å². The van der Waals surface area contributed by atoms with Crippen LogP contribution < -0.4 is 10.0 Å². The third-order valence-electron chi connectivity index (χ3n) is 3.49. The smallest absolute Gasteiger partial charge is 0.333 e. The van der Waals surface area contributed by atoms with Gasteiger partial charge in [0.1, 0.15) is 0 Å². The van der Waals surface area contributed by atoms with Gasteiger partial charge in [-0.2, -0.15) is 0 Å². The van der Waals surface area contributed by atoms with Crippen molar-refractivity contribution >= 4 is 21.7 Å². The summed E-state index contributed by atoms with van der Waals surface area (Å²) in [5.74, 6) is 0. The fraction of sp³-hybridized carbons (Fsp3) is 0.0588. The fourth-order valence-electron chi connectivity index (χ4n) is 2.23. The number of amides is 2. The zero-order valence-corrected chi connectivity index (χ0v) is 14.2. The number of carbonyl (C=O) groups excluding carboxylic acids is 1. The Kier molecular flexibility index (Phi) is 4.53.